The molecule has 20 heavy (non-hydrogen) atoms. The maximum absolute atomic E-state index is 6.19. The van der Waals surface area contributed by atoms with Crippen LogP contribution in [0.3, 0.4) is 0 Å². The van der Waals surface area contributed by atoms with Crippen molar-refractivity contribution in [3.8, 4) is 5.75 Å². The number of hydrogen-bond acceptors (Lipinski definition) is 2. The molecule has 2 aromatic carbocycles. The monoisotopic (exact) mass is 287 g/mol. The molecule has 3 heteroatoms. The third kappa shape index (κ3) is 3.78. The molecule has 0 saturated heterocycles. The second kappa shape index (κ2) is 7.01. The van der Waals surface area contributed by atoms with E-state index in [1.54, 1.807) is 6.08 Å². The van der Waals surface area contributed by atoms with Gasteiger partial charge in [0.1, 0.15) is 12.4 Å². The number of para-hydroxylation sites is 1. The van der Waals surface area contributed by atoms with Crippen LogP contribution in [0.1, 0.15) is 11.1 Å². The summed E-state index contributed by atoms with van der Waals surface area (Å²) in [4.78, 5) is 0. The molecule has 0 aliphatic heterocycles. The Bertz CT molecular complexity index is 595. The Kier molecular flexibility index (Phi) is 5.08. The maximum Gasteiger partial charge on any atom is 0.138 e. The number of aryl methyl sites for hydroxylation is 1. The summed E-state index contributed by atoms with van der Waals surface area (Å²) in [7, 11) is 0. The summed E-state index contributed by atoms with van der Waals surface area (Å²) in [6, 6.07) is 14.0. The van der Waals surface area contributed by atoms with Gasteiger partial charge < -0.3 is 10.1 Å². The second-order valence-corrected chi connectivity index (χ2v) is 4.94. The summed E-state index contributed by atoms with van der Waals surface area (Å²) < 4.78 is 5.45. The van der Waals surface area contributed by atoms with Crippen molar-refractivity contribution in [1.29, 1.82) is 0 Å². The fourth-order valence-corrected chi connectivity index (χ4v) is 2.15. The molecule has 0 saturated carbocycles. The van der Waals surface area contributed by atoms with E-state index < -0.39 is 0 Å². The van der Waals surface area contributed by atoms with Crippen LogP contribution in [0.4, 0.5) is 5.69 Å². The Morgan fingerprint density at radius 3 is 2.75 bits per heavy atom. The van der Waals surface area contributed by atoms with Crippen molar-refractivity contribution < 1.29 is 4.74 Å². The first-order valence-corrected chi connectivity index (χ1v) is 6.90. The van der Waals surface area contributed by atoms with E-state index in [0.29, 0.717) is 17.4 Å². The minimum atomic E-state index is 0.459. The van der Waals surface area contributed by atoms with Gasteiger partial charge in [0.05, 0.1) is 5.02 Å². The Balaban J connectivity index is 2.02. The Morgan fingerprint density at radius 2 is 2.05 bits per heavy atom. The van der Waals surface area contributed by atoms with Gasteiger partial charge in [-0.25, -0.2) is 0 Å². The van der Waals surface area contributed by atoms with Gasteiger partial charge in [0.15, 0.2) is 0 Å². The zero-order chi connectivity index (χ0) is 14.4. The molecule has 0 aliphatic carbocycles. The van der Waals surface area contributed by atoms with E-state index in [2.05, 4.69) is 31.0 Å². The van der Waals surface area contributed by atoms with Crippen molar-refractivity contribution in [2.24, 2.45) is 0 Å². The summed E-state index contributed by atoms with van der Waals surface area (Å²) in [5.41, 5.74) is 3.48. The van der Waals surface area contributed by atoms with Crippen LogP contribution in [0.25, 0.3) is 0 Å². The lowest BCUT2D eigenvalue weighted by molar-refractivity contribution is 0.363. The van der Waals surface area contributed by atoms with Gasteiger partial charge in [-0.3, -0.25) is 0 Å². The molecular weight excluding hydrogens is 270 g/mol. The number of hydrogen-bond donors (Lipinski definition) is 1. The highest BCUT2D eigenvalue weighted by Gasteiger charge is 2.03. The van der Waals surface area contributed by atoms with Crippen molar-refractivity contribution in [2.45, 2.75) is 13.5 Å². The SMILES string of the molecule is C=CCOc1ccc(CNc2ccccc2C)cc1Cl. The van der Waals surface area contributed by atoms with E-state index in [0.717, 1.165) is 17.8 Å². The summed E-state index contributed by atoms with van der Waals surface area (Å²) in [6.45, 7) is 6.89. The van der Waals surface area contributed by atoms with Gasteiger partial charge >= 0.3 is 0 Å². The molecule has 0 spiro atoms. The molecule has 0 fully saturated rings. The largest absolute Gasteiger partial charge is 0.488 e. The van der Waals surface area contributed by atoms with E-state index in [1.165, 1.54) is 5.56 Å². The third-order valence-electron chi connectivity index (χ3n) is 2.98. The van der Waals surface area contributed by atoms with Gasteiger partial charge in [-0.2, -0.15) is 0 Å². The van der Waals surface area contributed by atoms with Gasteiger partial charge in [0.2, 0.25) is 0 Å². The molecule has 2 rings (SSSR count). The number of anilines is 1. The van der Waals surface area contributed by atoms with Gasteiger partial charge in [-0.15, -0.1) is 0 Å². The molecule has 104 valence electrons. The molecule has 0 unspecified atom stereocenters. The minimum absolute atomic E-state index is 0.459. The number of rotatable bonds is 6. The highest BCUT2D eigenvalue weighted by Crippen LogP contribution is 2.26. The van der Waals surface area contributed by atoms with Crippen LogP contribution in [0.15, 0.2) is 55.1 Å². The standard InChI is InChI=1S/C17H18ClNO/c1-3-10-20-17-9-8-14(11-15(17)18)12-19-16-7-5-4-6-13(16)2/h3-9,11,19H,1,10,12H2,2H3. The fraction of sp³-hybridized carbons (Fsp3) is 0.176. The van der Waals surface area contributed by atoms with E-state index >= 15 is 0 Å². The third-order valence-corrected chi connectivity index (χ3v) is 3.28. The molecular formula is C17H18ClNO. The van der Waals surface area contributed by atoms with E-state index in [1.807, 2.05) is 30.3 Å². The normalized spacial score (nSPS) is 10.1. The van der Waals surface area contributed by atoms with Crippen molar-refractivity contribution in [3.05, 3.63) is 71.3 Å². The molecule has 0 radical (unpaired) electrons. The van der Waals surface area contributed by atoms with Crippen LogP contribution in [-0.2, 0) is 6.54 Å². The van der Waals surface area contributed by atoms with Crippen LogP contribution in [0.2, 0.25) is 5.02 Å². The van der Waals surface area contributed by atoms with Crippen LogP contribution >= 0.6 is 11.6 Å². The topological polar surface area (TPSA) is 21.3 Å². The minimum Gasteiger partial charge on any atom is -0.488 e. The molecule has 0 heterocycles. The van der Waals surface area contributed by atoms with Crippen LogP contribution in [-0.4, -0.2) is 6.61 Å². The lowest BCUT2D eigenvalue weighted by Gasteiger charge is -2.11. The fourth-order valence-electron chi connectivity index (χ4n) is 1.89. The summed E-state index contributed by atoms with van der Waals surface area (Å²) >= 11 is 6.19. The number of nitrogens with one attached hydrogen (secondary N) is 1. The summed E-state index contributed by atoms with van der Waals surface area (Å²) in [5, 5.41) is 4.02. The number of benzene rings is 2. The van der Waals surface area contributed by atoms with Crippen molar-refractivity contribution in [3.63, 3.8) is 0 Å². The molecule has 0 bridgehead atoms. The summed E-state index contributed by atoms with van der Waals surface area (Å²) in [5.74, 6) is 0.686. The Hall–Kier alpha value is -1.93. The molecule has 0 aromatic heterocycles. The first-order valence-electron chi connectivity index (χ1n) is 6.52. The lowest BCUT2D eigenvalue weighted by atomic mass is 10.1. The molecule has 0 atom stereocenters. The van der Waals surface area contributed by atoms with E-state index in [-0.39, 0.29) is 0 Å². The van der Waals surface area contributed by atoms with Gasteiger partial charge in [0, 0.05) is 12.2 Å². The maximum atomic E-state index is 6.19. The van der Waals surface area contributed by atoms with Gasteiger partial charge in [-0.1, -0.05) is 48.5 Å². The quantitative estimate of drug-likeness (QED) is 0.769. The smallest absolute Gasteiger partial charge is 0.138 e. The molecule has 2 nitrogen and oxygen atoms in total. The van der Waals surface area contributed by atoms with Crippen molar-refractivity contribution >= 4 is 17.3 Å². The molecule has 0 aliphatic rings. The lowest BCUT2D eigenvalue weighted by Crippen LogP contribution is -2.01. The predicted molar refractivity (Wildman–Crippen MR) is 85.6 cm³/mol. The van der Waals surface area contributed by atoms with Crippen molar-refractivity contribution in [2.75, 3.05) is 11.9 Å². The first-order chi connectivity index (χ1) is 9.70. The van der Waals surface area contributed by atoms with Crippen LogP contribution in [0, 0.1) is 6.92 Å². The van der Waals surface area contributed by atoms with Crippen LogP contribution in [0.5, 0.6) is 5.75 Å². The number of halogens is 1. The number of ether oxygens (including phenoxy) is 1. The highest BCUT2D eigenvalue weighted by atomic mass is 35.5. The molecule has 2 aromatic rings. The zero-order valence-electron chi connectivity index (χ0n) is 11.5. The summed E-state index contributed by atoms with van der Waals surface area (Å²) in [6.07, 6.45) is 1.70. The van der Waals surface area contributed by atoms with E-state index in [9.17, 15) is 0 Å². The average molecular weight is 288 g/mol. The predicted octanol–water partition coefficient (Wildman–Crippen LogP) is 4.83. The second-order valence-electron chi connectivity index (χ2n) is 4.53. The van der Waals surface area contributed by atoms with Gasteiger partial charge in [0.25, 0.3) is 0 Å². The van der Waals surface area contributed by atoms with Gasteiger partial charge in [-0.05, 0) is 36.2 Å². The zero-order valence-corrected chi connectivity index (χ0v) is 12.3. The molecule has 1 N–H and O–H groups in total. The Morgan fingerprint density at radius 1 is 1.25 bits per heavy atom. The van der Waals surface area contributed by atoms with E-state index in [4.69, 9.17) is 16.3 Å². The van der Waals surface area contributed by atoms with Crippen molar-refractivity contribution in [1.82, 2.24) is 0 Å². The highest BCUT2D eigenvalue weighted by molar-refractivity contribution is 6.32. The van der Waals surface area contributed by atoms with Crippen LogP contribution < -0.4 is 10.1 Å². The average Bonchev–Trinajstić information content (AvgIpc) is 2.45. The molecule has 0 amide bonds. The Labute approximate surface area is 125 Å². The first kappa shape index (κ1) is 14.5.